The van der Waals surface area contributed by atoms with E-state index in [1.165, 1.54) is 0 Å². The van der Waals surface area contributed by atoms with E-state index in [9.17, 15) is 0 Å². The number of aryl methyl sites for hydroxylation is 1. The van der Waals surface area contributed by atoms with Crippen LogP contribution in [0.25, 0.3) is 0 Å². The maximum Gasteiger partial charge on any atom is 0.153 e. The first-order valence-corrected chi connectivity index (χ1v) is 5.24. The lowest BCUT2D eigenvalue weighted by molar-refractivity contribution is 0.199. The van der Waals surface area contributed by atoms with Crippen LogP contribution >= 0.6 is 0 Å². The van der Waals surface area contributed by atoms with Crippen molar-refractivity contribution in [1.82, 2.24) is 20.1 Å². The summed E-state index contributed by atoms with van der Waals surface area (Å²) >= 11 is 0. The quantitative estimate of drug-likeness (QED) is 0.704. The Hall–Kier alpha value is -0.940. The minimum Gasteiger partial charge on any atom is -0.383 e. The summed E-state index contributed by atoms with van der Waals surface area (Å²) in [6.07, 6.45) is 0. The molecule has 0 saturated carbocycles. The molecular formula is C10H20N4O. The summed E-state index contributed by atoms with van der Waals surface area (Å²) in [5, 5.41) is 7.59. The molecule has 0 amide bonds. The van der Waals surface area contributed by atoms with Crippen molar-refractivity contribution in [2.24, 2.45) is 7.05 Å². The second-order valence-electron chi connectivity index (χ2n) is 3.83. The Labute approximate surface area is 90.8 Å². The number of hydrogen-bond donors (Lipinski definition) is 1. The number of rotatable bonds is 6. The van der Waals surface area contributed by atoms with Gasteiger partial charge in [-0.1, -0.05) is 13.8 Å². The molecule has 0 unspecified atom stereocenters. The van der Waals surface area contributed by atoms with Crippen LogP contribution in [0.15, 0.2) is 0 Å². The van der Waals surface area contributed by atoms with Crippen molar-refractivity contribution >= 4 is 0 Å². The number of aromatic nitrogens is 3. The first-order valence-electron chi connectivity index (χ1n) is 5.24. The minimum absolute atomic E-state index is 0.379. The van der Waals surface area contributed by atoms with Crippen LogP contribution in [-0.4, -0.2) is 35.0 Å². The molecule has 86 valence electrons. The maximum atomic E-state index is 4.95. The van der Waals surface area contributed by atoms with Gasteiger partial charge in [-0.25, -0.2) is 4.98 Å². The van der Waals surface area contributed by atoms with Gasteiger partial charge in [-0.3, -0.25) is 4.68 Å². The first-order chi connectivity index (χ1) is 7.15. The molecule has 0 bridgehead atoms. The summed E-state index contributed by atoms with van der Waals surface area (Å²) in [5.41, 5.74) is 0. The number of ether oxygens (including phenoxy) is 1. The van der Waals surface area contributed by atoms with E-state index in [1.807, 2.05) is 11.7 Å². The van der Waals surface area contributed by atoms with Crippen LogP contribution in [0.3, 0.4) is 0 Å². The van der Waals surface area contributed by atoms with E-state index in [1.54, 1.807) is 7.11 Å². The Morgan fingerprint density at radius 1 is 1.47 bits per heavy atom. The van der Waals surface area contributed by atoms with Crippen molar-refractivity contribution in [3.05, 3.63) is 11.6 Å². The molecule has 1 heterocycles. The summed E-state index contributed by atoms with van der Waals surface area (Å²) in [7, 11) is 3.62. The molecule has 0 aliphatic rings. The third-order valence-corrected chi connectivity index (χ3v) is 2.15. The third kappa shape index (κ3) is 3.60. The van der Waals surface area contributed by atoms with Gasteiger partial charge < -0.3 is 10.1 Å². The van der Waals surface area contributed by atoms with Gasteiger partial charge in [-0.2, -0.15) is 5.10 Å². The smallest absolute Gasteiger partial charge is 0.153 e. The summed E-state index contributed by atoms with van der Waals surface area (Å²) in [6.45, 7) is 6.48. The van der Waals surface area contributed by atoms with Crippen molar-refractivity contribution in [2.45, 2.75) is 26.3 Å². The fraction of sp³-hybridized carbons (Fsp3) is 0.800. The maximum absolute atomic E-state index is 4.95. The average molecular weight is 212 g/mol. The fourth-order valence-electron chi connectivity index (χ4n) is 1.21. The molecule has 0 saturated heterocycles. The van der Waals surface area contributed by atoms with Gasteiger partial charge in [-0.05, 0) is 0 Å². The predicted molar refractivity (Wildman–Crippen MR) is 58.7 cm³/mol. The van der Waals surface area contributed by atoms with Gasteiger partial charge >= 0.3 is 0 Å². The van der Waals surface area contributed by atoms with E-state index in [0.29, 0.717) is 5.92 Å². The van der Waals surface area contributed by atoms with Crippen LogP contribution in [0.5, 0.6) is 0 Å². The average Bonchev–Trinajstić information content (AvgIpc) is 2.55. The number of methoxy groups -OCH3 is 1. The Bertz CT molecular complexity index is 296. The molecule has 5 heteroatoms. The van der Waals surface area contributed by atoms with Crippen LogP contribution in [0.2, 0.25) is 0 Å². The van der Waals surface area contributed by atoms with E-state index in [4.69, 9.17) is 4.74 Å². The summed E-state index contributed by atoms with van der Waals surface area (Å²) in [5.74, 6) is 2.25. The van der Waals surface area contributed by atoms with Crippen LogP contribution in [0, 0.1) is 0 Å². The second-order valence-corrected chi connectivity index (χ2v) is 3.83. The lowest BCUT2D eigenvalue weighted by atomic mass is 10.2. The Morgan fingerprint density at radius 3 is 2.73 bits per heavy atom. The van der Waals surface area contributed by atoms with Gasteiger partial charge in [0.05, 0.1) is 13.2 Å². The molecule has 0 radical (unpaired) electrons. The molecule has 0 aliphatic carbocycles. The van der Waals surface area contributed by atoms with Gasteiger partial charge in [-0.15, -0.1) is 0 Å². The topological polar surface area (TPSA) is 52.0 Å². The van der Waals surface area contributed by atoms with Crippen LogP contribution in [0.4, 0.5) is 0 Å². The van der Waals surface area contributed by atoms with Crippen molar-refractivity contribution < 1.29 is 4.74 Å². The van der Waals surface area contributed by atoms with Crippen molar-refractivity contribution in [2.75, 3.05) is 20.3 Å². The normalized spacial score (nSPS) is 11.3. The van der Waals surface area contributed by atoms with Crippen molar-refractivity contribution in [3.63, 3.8) is 0 Å². The van der Waals surface area contributed by atoms with Crippen molar-refractivity contribution in [3.8, 4) is 0 Å². The Kier molecular flexibility index (Phi) is 4.71. The van der Waals surface area contributed by atoms with Crippen molar-refractivity contribution in [1.29, 1.82) is 0 Å². The molecule has 1 N–H and O–H groups in total. The van der Waals surface area contributed by atoms with Gasteiger partial charge in [0, 0.05) is 26.6 Å². The van der Waals surface area contributed by atoms with E-state index < -0.39 is 0 Å². The van der Waals surface area contributed by atoms with Crippen LogP contribution in [-0.2, 0) is 18.3 Å². The fourth-order valence-corrected chi connectivity index (χ4v) is 1.21. The van der Waals surface area contributed by atoms with Gasteiger partial charge in [0.15, 0.2) is 5.82 Å². The zero-order chi connectivity index (χ0) is 11.3. The SMILES string of the molecule is COCCNCc1nc(C(C)C)nn1C. The summed E-state index contributed by atoms with van der Waals surface area (Å²) in [4.78, 5) is 4.46. The molecule has 1 rings (SSSR count). The van der Waals surface area contributed by atoms with E-state index >= 15 is 0 Å². The standard InChI is InChI=1S/C10H20N4O/c1-8(2)10-12-9(14(3)13-10)7-11-5-6-15-4/h8,11H,5-7H2,1-4H3. The molecule has 1 aromatic rings. The number of nitrogens with one attached hydrogen (secondary N) is 1. The molecule has 15 heavy (non-hydrogen) atoms. The van der Waals surface area contributed by atoms with Crippen LogP contribution in [0.1, 0.15) is 31.4 Å². The van der Waals surface area contributed by atoms with Crippen LogP contribution < -0.4 is 5.32 Å². The van der Waals surface area contributed by atoms with E-state index in [0.717, 1.165) is 31.3 Å². The highest BCUT2D eigenvalue weighted by Gasteiger charge is 2.09. The highest BCUT2D eigenvalue weighted by atomic mass is 16.5. The zero-order valence-electron chi connectivity index (χ0n) is 9.95. The van der Waals surface area contributed by atoms with E-state index in [-0.39, 0.29) is 0 Å². The third-order valence-electron chi connectivity index (χ3n) is 2.15. The Balaban J connectivity index is 2.46. The Morgan fingerprint density at radius 2 is 2.20 bits per heavy atom. The van der Waals surface area contributed by atoms with Gasteiger partial charge in [0.25, 0.3) is 0 Å². The molecule has 5 nitrogen and oxygen atoms in total. The number of nitrogens with zero attached hydrogens (tertiary/aromatic N) is 3. The second kappa shape index (κ2) is 5.82. The lowest BCUT2D eigenvalue weighted by Crippen LogP contribution is -2.20. The molecule has 0 atom stereocenters. The molecule has 0 aliphatic heterocycles. The summed E-state index contributed by atoms with van der Waals surface area (Å²) in [6, 6.07) is 0. The molecule has 0 spiro atoms. The highest BCUT2D eigenvalue weighted by Crippen LogP contribution is 2.08. The molecule has 1 aromatic heterocycles. The molecular weight excluding hydrogens is 192 g/mol. The zero-order valence-corrected chi connectivity index (χ0v) is 9.95. The van der Waals surface area contributed by atoms with E-state index in [2.05, 4.69) is 29.2 Å². The minimum atomic E-state index is 0.379. The molecule has 0 fully saturated rings. The first kappa shape index (κ1) is 12.1. The summed E-state index contributed by atoms with van der Waals surface area (Å²) < 4.78 is 6.78. The van der Waals surface area contributed by atoms with Gasteiger partial charge in [0.1, 0.15) is 5.82 Å². The largest absolute Gasteiger partial charge is 0.383 e. The monoisotopic (exact) mass is 212 g/mol. The highest BCUT2D eigenvalue weighted by molar-refractivity contribution is 4.96. The molecule has 0 aromatic carbocycles. The lowest BCUT2D eigenvalue weighted by Gasteiger charge is -2.02. The number of hydrogen-bond acceptors (Lipinski definition) is 4. The van der Waals surface area contributed by atoms with Gasteiger partial charge in [0.2, 0.25) is 0 Å². The predicted octanol–water partition coefficient (Wildman–Crippen LogP) is 0.674.